The van der Waals surface area contributed by atoms with Crippen LogP contribution in [0.4, 0.5) is 13.2 Å². The van der Waals surface area contributed by atoms with Gasteiger partial charge >= 0.3 is 12.1 Å². The van der Waals surface area contributed by atoms with Crippen LogP contribution >= 0.6 is 0 Å². The van der Waals surface area contributed by atoms with Crippen molar-refractivity contribution in [1.82, 2.24) is 20.9 Å². The van der Waals surface area contributed by atoms with Crippen molar-refractivity contribution in [3.05, 3.63) is 0 Å². The Balaban J connectivity index is 1.33. The number of halogens is 3. The quantitative estimate of drug-likeness (QED) is 0.292. The Labute approximate surface area is 235 Å². The summed E-state index contributed by atoms with van der Waals surface area (Å²) in [4.78, 5) is 65.4. The molecule has 5 aliphatic rings. The van der Waals surface area contributed by atoms with Gasteiger partial charge in [-0.15, -0.1) is 0 Å². The van der Waals surface area contributed by atoms with Crippen LogP contribution in [0.1, 0.15) is 65.7 Å². The van der Waals surface area contributed by atoms with E-state index in [0.717, 1.165) is 19.3 Å². The van der Waals surface area contributed by atoms with E-state index in [9.17, 15) is 37.1 Å². The predicted molar refractivity (Wildman–Crippen MR) is 136 cm³/mol. The molecule has 5 rings (SSSR count). The minimum absolute atomic E-state index is 0.00331. The number of likely N-dealkylation sites (tertiary alicyclic amines) is 1. The molecule has 2 saturated heterocycles. The van der Waals surface area contributed by atoms with Crippen molar-refractivity contribution in [2.75, 3.05) is 6.54 Å². The van der Waals surface area contributed by atoms with Crippen LogP contribution in [0.25, 0.3) is 0 Å². The van der Waals surface area contributed by atoms with E-state index in [2.05, 4.69) is 10.6 Å². The highest BCUT2D eigenvalue weighted by Gasteiger charge is 2.70. The second kappa shape index (κ2) is 10.1. The number of ether oxygens (including phenoxy) is 1. The minimum atomic E-state index is -5.22. The summed E-state index contributed by atoms with van der Waals surface area (Å²) in [5.41, 5.74) is 5.03. The third-order valence-electron chi connectivity index (χ3n) is 9.93. The number of piperidine rings is 1. The summed E-state index contributed by atoms with van der Waals surface area (Å²) in [7, 11) is 0. The van der Waals surface area contributed by atoms with E-state index >= 15 is 0 Å². The third kappa shape index (κ3) is 5.63. The molecule has 3 saturated carbocycles. The molecule has 0 bridgehead atoms. The SMILES string of the molecule is C[C@@H](OC1CCC1)[C@H](NC(=O)C(F)(F)F)C(=O)N1C[C@H]2[C@@H]([C@H]1C(=O)N[C@@H](C[C@@H]1CC3(CC3)NC1=O)C(N)=O)C2(C)C. The second-order valence-electron chi connectivity index (χ2n) is 13.1. The number of alkyl halides is 3. The van der Waals surface area contributed by atoms with E-state index in [1.54, 1.807) is 5.32 Å². The third-order valence-corrected chi connectivity index (χ3v) is 9.93. The number of fused-ring (bicyclic) bond motifs is 1. The van der Waals surface area contributed by atoms with E-state index in [4.69, 9.17) is 10.5 Å². The Morgan fingerprint density at radius 1 is 1.17 bits per heavy atom. The van der Waals surface area contributed by atoms with Gasteiger partial charge in [0.25, 0.3) is 0 Å². The van der Waals surface area contributed by atoms with Gasteiger partial charge in [0.05, 0.1) is 12.2 Å². The molecule has 3 aliphatic carbocycles. The molecule has 2 heterocycles. The number of nitrogens with two attached hydrogens (primary N) is 1. The first-order valence-electron chi connectivity index (χ1n) is 14.3. The number of amides is 5. The lowest BCUT2D eigenvalue weighted by Gasteiger charge is -2.37. The molecule has 41 heavy (non-hydrogen) atoms. The van der Waals surface area contributed by atoms with Gasteiger partial charge in [0.2, 0.25) is 23.6 Å². The van der Waals surface area contributed by atoms with E-state index in [1.807, 2.05) is 13.8 Å². The lowest BCUT2D eigenvalue weighted by atomic mass is 9.94. The van der Waals surface area contributed by atoms with Crippen LogP contribution in [0.15, 0.2) is 0 Å². The lowest BCUT2D eigenvalue weighted by molar-refractivity contribution is -0.177. The number of nitrogens with one attached hydrogen (secondary N) is 3. The highest BCUT2D eigenvalue weighted by Crippen LogP contribution is 2.65. The van der Waals surface area contributed by atoms with Gasteiger partial charge in [-0.2, -0.15) is 13.2 Å². The fraction of sp³-hybridized carbons (Fsp3) is 0.815. The van der Waals surface area contributed by atoms with Gasteiger partial charge in [-0.1, -0.05) is 13.8 Å². The van der Waals surface area contributed by atoms with Gasteiger partial charge in [-0.3, -0.25) is 24.0 Å². The maximum atomic E-state index is 13.8. The van der Waals surface area contributed by atoms with Gasteiger partial charge in [0, 0.05) is 18.0 Å². The van der Waals surface area contributed by atoms with Crippen molar-refractivity contribution >= 4 is 29.5 Å². The summed E-state index contributed by atoms with van der Waals surface area (Å²) < 4.78 is 45.3. The number of carbonyl (C=O) groups is 5. The van der Waals surface area contributed by atoms with Crippen LogP contribution < -0.4 is 21.7 Å². The molecular formula is C27H38F3N5O6. The van der Waals surface area contributed by atoms with Crippen LogP contribution in [0, 0.1) is 23.2 Å². The maximum Gasteiger partial charge on any atom is 0.471 e. The summed E-state index contributed by atoms with van der Waals surface area (Å²) >= 11 is 0. The van der Waals surface area contributed by atoms with E-state index in [0.29, 0.717) is 19.3 Å². The Morgan fingerprint density at radius 3 is 2.34 bits per heavy atom. The predicted octanol–water partition coefficient (Wildman–Crippen LogP) is 0.503. The molecule has 0 aromatic carbocycles. The summed E-state index contributed by atoms with van der Waals surface area (Å²) in [6, 6.07) is -3.95. The molecule has 0 aromatic rings. The van der Waals surface area contributed by atoms with Crippen molar-refractivity contribution in [2.45, 2.75) is 108 Å². The van der Waals surface area contributed by atoms with Crippen molar-refractivity contribution in [3.63, 3.8) is 0 Å². The monoisotopic (exact) mass is 585 g/mol. The van der Waals surface area contributed by atoms with Gasteiger partial charge in [0.15, 0.2) is 0 Å². The molecule has 1 spiro atoms. The smallest absolute Gasteiger partial charge is 0.373 e. The van der Waals surface area contributed by atoms with Gasteiger partial charge < -0.3 is 31.3 Å². The number of nitrogens with zero attached hydrogens (tertiary/aromatic N) is 1. The average molecular weight is 586 g/mol. The Hall–Kier alpha value is -2.90. The highest BCUT2D eigenvalue weighted by atomic mass is 19.4. The van der Waals surface area contributed by atoms with E-state index in [1.165, 1.54) is 11.8 Å². The van der Waals surface area contributed by atoms with Crippen LogP contribution in [0.2, 0.25) is 0 Å². The molecule has 7 atom stereocenters. The number of hydrogen-bond donors (Lipinski definition) is 4. The van der Waals surface area contributed by atoms with E-state index < -0.39 is 60.0 Å². The molecule has 5 N–H and O–H groups in total. The number of primary amides is 1. The van der Waals surface area contributed by atoms with Crippen molar-refractivity contribution < 1.29 is 41.9 Å². The highest BCUT2D eigenvalue weighted by molar-refractivity contribution is 5.96. The Morgan fingerprint density at radius 2 is 1.83 bits per heavy atom. The first-order chi connectivity index (χ1) is 19.0. The van der Waals surface area contributed by atoms with Crippen molar-refractivity contribution in [1.29, 1.82) is 0 Å². The molecule has 11 nitrogen and oxygen atoms in total. The normalized spacial score (nSPS) is 31.4. The summed E-state index contributed by atoms with van der Waals surface area (Å²) in [6.45, 7) is 5.38. The first kappa shape index (κ1) is 29.6. The van der Waals surface area contributed by atoms with Gasteiger partial charge in [-0.05, 0) is 69.1 Å². The fourth-order valence-corrected chi connectivity index (χ4v) is 6.92. The second-order valence-corrected chi connectivity index (χ2v) is 13.1. The molecule has 5 fully saturated rings. The molecule has 0 aromatic heterocycles. The molecule has 5 amide bonds. The zero-order chi connectivity index (χ0) is 30.1. The Kier molecular flexibility index (Phi) is 7.31. The summed E-state index contributed by atoms with van der Waals surface area (Å²) in [5, 5.41) is 7.36. The molecule has 228 valence electrons. The fourth-order valence-electron chi connectivity index (χ4n) is 6.92. The molecule has 0 unspecified atom stereocenters. The largest absolute Gasteiger partial charge is 0.471 e. The van der Waals surface area contributed by atoms with Crippen LogP contribution in [-0.4, -0.2) is 83.0 Å². The summed E-state index contributed by atoms with van der Waals surface area (Å²) in [5.74, 6) is -5.77. The van der Waals surface area contributed by atoms with Crippen molar-refractivity contribution in [3.8, 4) is 0 Å². The number of carbonyl (C=O) groups excluding carboxylic acids is 5. The standard InChI is InChI=1S/C27H38F3N5O6/c1-12(41-14-5-4-6-14)18(33-24(40)27(28,29)30)23(39)35-11-15-17(25(15,2)3)19(35)22(38)32-16(20(31)36)9-13-10-26(7-8-26)34-21(13)37/h12-19H,4-11H2,1-3H3,(H2,31,36)(H,32,38)(H,33,40)(H,34,37)/t12-,13-,15+,16+,17+,18+,19+/m1/s1. The first-order valence-corrected chi connectivity index (χ1v) is 14.3. The molecular weight excluding hydrogens is 547 g/mol. The van der Waals surface area contributed by atoms with Gasteiger partial charge in [-0.25, -0.2) is 0 Å². The van der Waals surface area contributed by atoms with Gasteiger partial charge in [0.1, 0.15) is 18.1 Å². The molecule has 14 heteroatoms. The minimum Gasteiger partial charge on any atom is -0.373 e. The molecule has 0 radical (unpaired) electrons. The number of rotatable bonds is 10. The maximum absolute atomic E-state index is 13.8. The zero-order valence-corrected chi connectivity index (χ0v) is 23.4. The zero-order valence-electron chi connectivity index (χ0n) is 23.4. The van der Waals surface area contributed by atoms with Crippen LogP contribution in [-0.2, 0) is 28.7 Å². The average Bonchev–Trinajstić information content (AvgIpc) is 3.56. The van der Waals surface area contributed by atoms with Crippen LogP contribution in [0.3, 0.4) is 0 Å². The summed E-state index contributed by atoms with van der Waals surface area (Å²) in [6.07, 6.45) is -2.00. The topological polar surface area (TPSA) is 160 Å². The number of hydrogen-bond acceptors (Lipinski definition) is 6. The van der Waals surface area contributed by atoms with Crippen molar-refractivity contribution in [2.24, 2.45) is 28.9 Å². The lowest BCUT2D eigenvalue weighted by Crippen LogP contribution is -2.61. The molecule has 2 aliphatic heterocycles. The Bertz CT molecular complexity index is 1140. The van der Waals surface area contributed by atoms with Crippen LogP contribution in [0.5, 0.6) is 0 Å². The van der Waals surface area contributed by atoms with E-state index in [-0.39, 0.29) is 47.8 Å².